The predicted octanol–water partition coefficient (Wildman–Crippen LogP) is 6.23. The third-order valence-corrected chi connectivity index (χ3v) is 6.23. The molecule has 1 heterocycles. The molecule has 1 saturated heterocycles. The number of amides is 2. The van der Waals surface area contributed by atoms with Gasteiger partial charge in [0.25, 0.3) is 11.1 Å². The third-order valence-electron chi connectivity index (χ3n) is 5.33. The molecule has 8 heteroatoms. The number of halogens is 1. The number of carbonyl (C=O) groups is 2. The Morgan fingerprint density at radius 1 is 0.944 bits per heavy atom. The Balaban J connectivity index is 1.41. The van der Waals surface area contributed by atoms with Gasteiger partial charge in [-0.15, -0.1) is 0 Å². The first kappa shape index (κ1) is 25.3. The molecule has 3 aromatic rings. The lowest BCUT2D eigenvalue weighted by Gasteiger charge is -2.13. The van der Waals surface area contributed by atoms with E-state index in [1.54, 1.807) is 36.4 Å². The zero-order chi connectivity index (χ0) is 25.5. The fourth-order valence-corrected chi connectivity index (χ4v) is 4.39. The standard InChI is InChI=1S/C28H26FNO5S/c1-3-33-25-16-20(9-12-24(25)35-18-21-5-4-6-22(29)15-21)17-26-27(31)30(28(32)36-26)13-14-34-23-10-7-19(2)8-11-23/h4-12,15-17H,3,13-14,18H2,1-2H3/b26-17-. The van der Waals surface area contributed by atoms with E-state index in [1.165, 1.54) is 17.0 Å². The molecule has 0 bridgehead atoms. The molecule has 1 aliphatic heterocycles. The molecule has 6 nitrogen and oxygen atoms in total. The van der Waals surface area contributed by atoms with Crippen LogP contribution in [0.5, 0.6) is 17.2 Å². The molecule has 0 atom stereocenters. The number of rotatable bonds is 10. The minimum atomic E-state index is -0.359. The lowest BCUT2D eigenvalue weighted by Crippen LogP contribution is -2.32. The van der Waals surface area contributed by atoms with Crippen LogP contribution in [0, 0.1) is 12.7 Å². The number of hydrogen-bond donors (Lipinski definition) is 0. The fraction of sp³-hybridized carbons (Fsp3) is 0.214. The molecule has 0 spiro atoms. The van der Waals surface area contributed by atoms with Crippen LogP contribution in [0.1, 0.15) is 23.6 Å². The molecule has 2 amide bonds. The van der Waals surface area contributed by atoms with Gasteiger partial charge in [0.2, 0.25) is 0 Å². The largest absolute Gasteiger partial charge is 0.492 e. The molecule has 0 radical (unpaired) electrons. The summed E-state index contributed by atoms with van der Waals surface area (Å²) in [6.45, 7) is 4.81. The van der Waals surface area contributed by atoms with Crippen LogP contribution in [-0.4, -0.2) is 35.8 Å². The summed E-state index contributed by atoms with van der Waals surface area (Å²) in [5, 5.41) is -0.334. The number of hydrogen-bond acceptors (Lipinski definition) is 6. The highest BCUT2D eigenvalue weighted by Crippen LogP contribution is 2.35. The number of carbonyl (C=O) groups excluding carboxylic acids is 2. The van der Waals surface area contributed by atoms with E-state index in [9.17, 15) is 14.0 Å². The summed E-state index contributed by atoms with van der Waals surface area (Å²) in [5.74, 6) is 0.994. The Morgan fingerprint density at radius 2 is 1.75 bits per heavy atom. The minimum Gasteiger partial charge on any atom is -0.492 e. The summed E-state index contributed by atoms with van der Waals surface area (Å²) in [6, 6.07) is 19.0. The molecule has 0 saturated carbocycles. The maximum absolute atomic E-state index is 13.4. The topological polar surface area (TPSA) is 65.1 Å². The number of thioether (sulfide) groups is 1. The van der Waals surface area contributed by atoms with Gasteiger partial charge in [0.1, 0.15) is 24.8 Å². The Bertz CT molecular complexity index is 1280. The molecular weight excluding hydrogens is 481 g/mol. The molecule has 186 valence electrons. The summed E-state index contributed by atoms with van der Waals surface area (Å²) >= 11 is 0.893. The van der Waals surface area contributed by atoms with Crippen molar-refractivity contribution in [1.29, 1.82) is 0 Å². The first-order valence-electron chi connectivity index (χ1n) is 11.5. The summed E-state index contributed by atoms with van der Waals surface area (Å²) in [5.41, 5.74) is 2.51. The lowest BCUT2D eigenvalue weighted by atomic mass is 10.1. The van der Waals surface area contributed by atoms with Gasteiger partial charge in [-0.3, -0.25) is 14.5 Å². The van der Waals surface area contributed by atoms with Crippen molar-refractivity contribution in [2.75, 3.05) is 19.8 Å². The first-order valence-corrected chi connectivity index (χ1v) is 12.3. The third kappa shape index (κ3) is 6.46. The highest BCUT2D eigenvalue weighted by atomic mass is 32.2. The van der Waals surface area contributed by atoms with Crippen molar-refractivity contribution < 1.29 is 28.2 Å². The molecule has 1 aliphatic rings. The summed E-state index contributed by atoms with van der Waals surface area (Å²) < 4.78 is 30.6. The van der Waals surface area contributed by atoms with Gasteiger partial charge in [0, 0.05) is 0 Å². The van der Waals surface area contributed by atoms with Crippen LogP contribution >= 0.6 is 11.8 Å². The minimum absolute atomic E-state index is 0.160. The van der Waals surface area contributed by atoms with Crippen molar-refractivity contribution in [2.24, 2.45) is 0 Å². The van der Waals surface area contributed by atoms with Gasteiger partial charge in [-0.2, -0.15) is 0 Å². The molecule has 0 unspecified atom stereocenters. The zero-order valence-corrected chi connectivity index (χ0v) is 20.8. The van der Waals surface area contributed by atoms with E-state index in [4.69, 9.17) is 14.2 Å². The van der Waals surface area contributed by atoms with E-state index >= 15 is 0 Å². The van der Waals surface area contributed by atoms with E-state index in [1.807, 2.05) is 38.1 Å². The summed E-state index contributed by atoms with van der Waals surface area (Å²) in [4.78, 5) is 26.8. The second kappa shape index (κ2) is 11.8. The van der Waals surface area contributed by atoms with Gasteiger partial charge in [0.15, 0.2) is 11.5 Å². The van der Waals surface area contributed by atoms with E-state index in [0.717, 1.165) is 17.3 Å². The van der Waals surface area contributed by atoms with E-state index in [2.05, 4.69) is 0 Å². The normalized spacial score (nSPS) is 14.4. The van der Waals surface area contributed by atoms with Crippen molar-refractivity contribution in [1.82, 2.24) is 4.90 Å². The van der Waals surface area contributed by atoms with Crippen molar-refractivity contribution in [3.63, 3.8) is 0 Å². The van der Waals surface area contributed by atoms with E-state index in [-0.39, 0.29) is 36.7 Å². The van der Waals surface area contributed by atoms with Gasteiger partial charge in [-0.25, -0.2) is 4.39 Å². The van der Waals surface area contributed by atoms with Gasteiger partial charge < -0.3 is 14.2 Å². The van der Waals surface area contributed by atoms with Crippen molar-refractivity contribution in [3.8, 4) is 17.2 Å². The number of ether oxygens (including phenoxy) is 3. The number of aryl methyl sites for hydroxylation is 1. The molecule has 36 heavy (non-hydrogen) atoms. The molecule has 0 aliphatic carbocycles. The molecule has 3 aromatic carbocycles. The quantitative estimate of drug-likeness (QED) is 0.303. The van der Waals surface area contributed by atoms with E-state index < -0.39 is 0 Å². The van der Waals surface area contributed by atoms with Crippen LogP contribution in [0.4, 0.5) is 9.18 Å². The Kier molecular flexibility index (Phi) is 8.28. The predicted molar refractivity (Wildman–Crippen MR) is 138 cm³/mol. The van der Waals surface area contributed by atoms with E-state index in [0.29, 0.717) is 39.9 Å². The Labute approximate surface area is 213 Å². The van der Waals surface area contributed by atoms with Crippen molar-refractivity contribution in [2.45, 2.75) is 20.5 Å². The van der Waals surface area contributed by atoms with Crippen LogP contribution in [0.15, 0.2) is 71.6 Å². The van der Waals surface area contributed by atoms with Crippen LogP contribution < -0.4 is 14.2 Å². The van der Waals surface area contributed by atoms with Crippen LogP contribution in [0.3, 0.4) is 0 Å². The second-order valence-corrected chi connectivity index (χ2v) is 9.05. The smallest absolute Gasteiger partial charge is 0.293 e. The number of benzene rings is 3. The zero-order valence-electron chi connectivity index (χ0n) is 20.0. The Hall–Kier alpha value is -3.78. The van der Waals surface area contributed by atoms with Crippen LogP contribution in [-0.2, 0) is 11.4 Å². The maximum Gasteiger partial charge on any atom is 0.293 e. The first-order chi connectivity index (χ1) is 17.4. The molecule has 1 fully saturated rings. The SMILES string of the molecule is CCOc1cc(/C=C2\SC(=O)N(CCOc3ccc(C)cc3)C2=O)ccc1OCc1cccc(F)c1. The molecule has 4 rings (SSSR count). The summed E-state index contributed by atoms with van der Waals surface area (Å²) in [6.07, 6.45) is 1.66. The highest BCUT2D eigenvalue weighted by molar-refractivity contribution is 8.18. The van der Waals surface area contributed by atoms with Crippen molar-refractivity contribution in [3.05, 3.63) is 94.1 Å². The van der Waals surface area contributed by atoms with Gasteiger partial charge in [-0.1, -0.05) is 35.9 Å². The maximum atomic E-state index is 13.4. The molecule has 0 N–H and O–H groups in total. The second-order valence-electron chi connectivity index (χ2n) is 8.05. The lowest BCUT2D eigenvalue weighted by molar-refractivity contribution is -0.123. The average molecular weight is 508 g/mol. The molecular formula is C28H26FNO5S. The van der Waals surface area contributed by atoms with Crippen molar-refractivity contribution >= 4 is 29.0 Å². The fourth-order valence-electron chi connectivity index (χ4n) is 3.52. The number of imide groups is 1. The molecule has 0 aromatic heterocycles. The van der Waals surface area contributed by atoms with Gasteiger partial charge >= 0.3 is 0 Å². The Morgan fingerprint density at radius 3 is 2.50 bits per heavy atom. The van der Waals surface area contributed by atoms with Crippen LogP contribution in [0.25, 0.3) is 6.08 Å². The summed E-state index contributed by atoms with van der Waals surface area (Å²) in [7, 11) is 0. The van der Waals surface area contributed by atoms with Gasteiger partial charge in [0.05, 0.1) is 18.1 Å². The number of nitrogens with zero attached hydrogens (tertiary/aromatic N) is 1. The monoisotopic (exact) mass is 507 g/mol. The highest BCUT2D eigenvalue weighted by Gasteiger charge is 2.34. The average Bonchev–Trinajstić information content (AvgIpc) is 3.12. The van der Waals surface area contributed by atoms with Crippen LogP contribution in [0.2, 0.25) is 0 Å². The van der Waals surface area contributed by atoms with Gasteiger partial charge in [-0.05, 0) is 79.2 Å².